The molecule has 3 saturated carbocycles. The number of fused-ring (bicyclic) bond motifs is 2. The average molecular weight is 376 g/mol. The Morgan fingerprint density at radius 2 is 1.73 bits per heavy atom. The van der Waals surface area contributed by atoms with E-state index in [0.717, 1.165) is 37.5 Å². The monoisotopic (exact) mass is 375 g/mol. The van der Waals surface area contributed by atoms with E-state index in [1.165, 1.54) is 25.7 Å². The fourth-order valence-electron chi connectivity index (χ4n) is 5.49. The quantitative estimate of drug-likeness (QED) is 0.847. The van der Waals surface area contributed by atoms with Crippen molar-refractivity contribution >= 4 is 15.7 Å². The molecule has 0 spiro atoms. The minimum atomic E-state index is -3.25. The predicted molar refractivity (Wildman–Crippen MR) is 102 cm³/mol. The van der Waals surface area contributed by atoms with Crippen molar-refractivity contribution < 1.29 is 13.2 Å². The van der Waals surface area contributed by atoms with Gasteiger partial charge in [0, 0.05) is 11.6 Å². The number of nitrogens with one attached hydrogen (secondary N) is 1. The van der Waals surface area contributed by atoms with Gasteiger partial charge < -0.3 is 5.32 Å². The van der Waals surface area contributed by atoms with Gasteiger partial charge in [-0.3, -0.25) is 4.79 Å². The molecule has 0 saturated heterocycles. The first-order valence-corrected chi connectivity index (χ1v) is 11.6. The van der Waals surface area contributed by atoms with Crippen molar-refractivity contribution in [2.45, 2.75) is 74.5 Å². The van der Waals surface area contributed by atoms with E-state index in [2.05, 4.69) is 12.2 Å². The van der Waals surface area contributed by atoms with Gasteiger partial charge in [-0.1, -0.05) is 19.3 Å². The fourth-order valence-corrected chi connectivity index (χ4v) is 7.34. The Morgan fingerprint density at radius 3 is 2.31 bits per heavy atom. The third-order valence-electron chi connectivity index (χ3n) is 6.98. The molecule has 0 heterocycles. The van der Waals surface area contributed by atoms with Crippen LogP contribution in [0.5, 0.6) is 0 Å². The molecule has 0 radical (unpaired) electrons. The van der Waals surface area contributed by atoms with E-state index in [9.17, 15) is 13.2 Å². The molecule has 3 aliphatic rings. The SMILES string of the molecule is C[C@H](NC(=O)c1ccc(S(=O)(=O)C2CCCC2)cc1)[C@H]1C[C@H]2CC[C@H]1C2. The summed E-state index contributed by atoms with van der Waals surface area (Å²) in [6.07, 6.45) is 8.74. The molecule has 4 rings (SSSR count). The van der Waals surface area contributed by atoms with Crippen LogP contribution in [0.2, 0.25) is 0 Å². The highest BCUT2D eigenvalue weighted by Crippen LogP contribution is 2.49. The molecular formula is C21H29NO3S. The van der Waals surface area contributed by atoms with E-state index in [1.807, 2.05) is 0 Å². The lowest BCUT2D eigenvalue weighted by Gasteiger charge is -2.28. The zero-order valence-electron chi connectivity index (χ0n) is 15.5. The Bertz CT molecular complexity index is 765. The zero-order valence-corrected chi connectivity index (χ0v) is 16.3. The van der Waals surface area contributed by atoms with Crippen LogP contribution in [0.3, 0.4) is 0 Å². The van der Waals surface area contributed by atoms with Crippen LogP contribution in [-0.4, -0.2) is 25.6 Å². The van der Waals surface area contributed by atoms with Crippen LogP contribution >= 0.6 is 0 Å². The van der Waals surface area contributed by atoms with Gasteiger partial charge in [-0.05, 0) is 81.0 Å². The summed E-state index contributed by atoms with van der Waals surface area (Å²) in [6.45, 7) is 2.11. The molecule has 1 aromatic carbocycles. The molecule has 0 aliphatic heterocycles. The first kappa shape index (κ1) is 18.0. The fraction of sp³-hybridized carbons (Fsp3) is 0.667. The van der Waals surface area contributed by atoms with Crippen molar-refractivity contribution in [3.8, 4) is 0 Å². The number of hydrogen-bond acceptors (Lipinski definition) is 3. The maximum absolute atomic E-state index is 12.6. The van der Waals surface area contributed by atoms with Gasteiger partial charge in [0.2, 0.25) is 0 Å². The summed E-state index contributed by atoms with van der Waals surface area (Å²) in [4.78, 5) is 12.9. The lowest BCUT2D eigenvalue weighted by molar-refractivity contribution is 0.0915. The third kappa shape index (κ3) is 3.30. The summed E-state index contributed by atoms with van der Waals surface area (Å²) < 4.78 is 25.3. The molecule has 3 fully saturated rings. The summed E-state index contributed by atoms with van der Waals surface area (Å²) >= 11 is 0. The summed E-state index contributed by atoms with van der Waals surface area (Å²) in [7, 11) is -3.25. The van der Waals surface area contributed by atoms with Crippen LogP contribution in [0.25, 0.3) is 0 Å². The van der Waals surface area contributed by atoms with Crippen molar-refractivity contribution in [1.82, 2.24) is 5.32 Å². The van der Waals surface area contributed by atoms with Crippen molar-refractivity contribution in [2.24, 2.45) is 17.8 Å². The van der Waals surface area contributed by atoms with E-state index in [0.29, 0.717) is 16.4 Å². The average Bonchev–Trinajstić information content (AvgIpc) is 3.39. The van der Waals surface area contributed by atoms with Gasteiger partial charge in [-0.25, -0.2) is 8.42 Å². The highest BCUT2D eigenvalue weighted by molar-refractivity contribution is 7.92. The van der Waals surface area contributed by atoms with Crippen molar-refractivity contribution in [2.75, 3.05) is 0 Å². The number of carbonyl (C=O) groups is 1. The highest BCUT2D eigenvalue weighted by atomic mass is 32.2. The Kier molecular flexibility index (Phi) is 4.84. The zero-order chi connectivity index (χ0) is 18.3. The van der Waals surface area contributed by atoms with Crippen molar-refractivity contribution in [3.05, 3.63) is 29.8 Å². The van der Waals surface area contributed by atoms with Crippen LogP contribution < -0.4 is 5.32 Å². The molecule has 2 bridgehead atoms. The lowest BCUT2D eigenvalue weighted by Crippen LogP contribution is -2.40. The molecular weight excluding hydrogens is 346 g/mol. The maximum atomic E-state index is 12.6. The number of sulfone groups is 1. The van der Waals surface area contributed by atoms with Gasteiger partial charge in [0.1, 0.15) is 0 Å². The van der Waals surface area contributed by atoms with Crippen LogP contribution in [0.15, 0.2) is 29.2 Å². The molecule has 0 unspecified atom stereocenters. The molecule has 4 nitrogen and oxygen atoms in total. The molecule has 1 aromatic rings. The lowest BCUT2D eigenvalue weighted by atomic mass is 9.84. The van der Waals surface area contributed by atoms with Gasteiger partial charge in [0.05, 0.1) is 10.1 Å². The first-order chi connectivity index (χ1) is 12.4. The van der Waals surface area contributed by atoms with E-state index in [1.54, 1.807) is 24.3 Å². The molecule has 26 heavy (non-hydrogen) atoms. The Morgan fingerprint density at radius 1 is 1.04 bits per heavy atom. The molecule has 5 heteroatoms. The van der Waals surface area contributed by atoms with E-state index in [-0.39, 0.29) is 17.2 Å². The number of rotatable bonds is 5. The van der Waals surface area contributed by atoms with Gasteiger partial charge in [0.15, 0.2) is 9.84 Å². The topological polar surface area (TPSA) is 63.2 Å². The Balaban J connectivity index is 1.41. The van der Waals surface area contributed by atoms with Gasteiger partial charge in [-0.15, -0.1) is 0 Å². The first-order valence-electron chi connectivity index (χ1n) is 10.1. The molecule has 142 valence electrons. The molecule has 0 aromatic heterocycles. The van der Waals surface area contributed by atoms with Gasteiger partial charge >= 0.3 is 0 Å². The summed E-state index contributed by atoms with van der Waals surface area (Å²) in [5.74, 6) is 2.14. The summed E-state index contributed by atoms with van der Waals surface area (Å²) in [5, 5.41) is 2.90. The van der Waals surface area contributed by atoms with E-state index >= 15 is 0 Å². The highest BCUT2D eigenvalue weighted by Gasteiger charge is 2.42. The largest absolute Gasteiger partial charge is 0.349 e. The minimum absolute atomic E-state index is 0.0925. The number of benzene rings is 1. The second-order valence-electron chi connectivity index (χ2n) is 8.58. The molecule has 1 amide bonds. The number of carbonyl (C=O) groups excluding carboxylic acids is 1. The van der Waals surface area contributed by atoms with Crippen LogP contribution in [0.4, 0.5) is 0 Å². The number of hydrogen-bond donors (Lipinski definition) is 1. The molecule has 4 atom stereocenters. The smallest absolute Gasteiger partial charge is 0.251 e. The minimum Gasteiger partial charge on any atom is -0.349 e. The van der Waals surface area contributed by atoms with Crippen LogP contribution in [0.1, 0.15) is 68.6 Å². The predicted octanol–water partition coefficient (Wildman–Crippen LogP) is 3.96. The second-order valence-corrected chi connectivity index (χ2v) is 10.8. The van der Waals surface area contributed by atoms with Gasteiger partial charge in [-0.2, -0.15) is 0 Å². The Labute approximate surface area is 156 Å². The van der Waals surface area contributed by atoms with Crippen molar-refractivity contribution in [3.63, 3.8) is 0 Å². The van der Waals surface area contributed by atoms with Crippen LogP contribution in [0, 0.1) is 17.8 Å². The third-order valence-corrected chi connectivity index (χ3v) is 9.26. The normalized spacial score (nSPS) is 29.8. The summed E-state index contributed by atoms with van der Waals surface area (Å²) in [5.41, 5.74) is 0.547. The maximum Gasteiger partial charge on any atom is 0.251 e. The van der Waals surface area contributed by atoms with Crippen molar-refractivity contribution in [1.29, 1.82) is 0 Å². The second kappa shape index (κ2) is 6.99. The molecule has 3 aliphatic carbocycles. The van der Waals surface area contributed by atoms with Gasteiger partial charge in [0.25, 0.3) is 5.91 Å². The molecule has 1 N–H and O–H groups in total. The van der Waals surface area contributed by atoms with E-state index in [4.69, 9.17) is 0 Å². The summed E-state index contributed by atoms with van der Waals surface area (Å²) in [6, 6.07) is 6.70. The number of amides is 1. The standard InChI is InChI=1S/C21H29NO3S/c1-14(20-13-15-6-7-17(20)12-15)22-21(23)16-8-10-19(11-9-16)26(24,25)18-4-2-3-5-18/h8-11,14-15,17-18,20H,2-7,12-13H2,1H3,(H,22,23)/t14-,15-,17-,20+/m0/s1. The van der Waals surface area contributed by atoms with Crippen LogP contribution in [-0.2, 0) is 9.84 Å². The van der Waals surface area contributed by atoms with E-state index < -0.39 is 9.84 Å². The Hall–Kier alpha value is -1.36.